The van der Waals surface area contributed by atoms with Crippen molar-refractivity contribution in [3.05, 3.63) is 12.4 Å². The molecule has 0 aromatic carbocycles. The molecule has 0 spiro atoms. The number of rotatable bonds is 2. The lowest BCUT2D eigenvalue weighted by Crippen LogP contribution is -2.49. The van der Waals surface area contributed by atoms with Crippen molar-refractivity contribution in [2.24, 2.45) is 17.9 Å². The largest absolute Gasteiger partial charge is 0.409 e. The third-order valence-electron chi connectivity index (χ3n) is 2.59. The molecule has 0 amide bonds. The van der Waals surface area contributed by atoms with Crippen molar-refractivity contribution in [3.63, 3.8) is 0 Å². The molecule has 16 heavy (non-hydrogen) atoms. The first kappa shape index (κ1) is 10.7. The Labute approximate surface area is 93.1 Å². The summed E-state index contributed by atoms with van der Waals surface area (Å²) in [5.74, 6) is 0.956. The zero-order valence-electron chi connectivity index (χ0n) is 9.08. The minimum atomic E-state index is -0.379. The molecule has 1 aromatic rings. The number of hydrogen-bond donors (Lipinski definition) is 2. The molecule has 1 atom stereocenters. The van der Waals surface area contributed by atoms with Crippen LogP contribution in [0.4, 0.5) is 5.95 Å². The van der Waals surface area contributed by atoms with E-state index in [1.54, 1.807) is 6.20 Å². The third kappa shape index (κ3) is 1.94. The zero-order chi connectivity index (χ0) is 11.5. The molecule has 3 N–H and O–H groups in total. The van der Waals surface area contributed by atoms with Crippen LogP contribution in [0.5, 0.6) is 0 Å². The summed E-state index contributed by atoms with van der Waals surface area (Å²) in [5, 5.41) is 11.6. The third-order valence-corrected chi connectivity index (χ3v) is 2.59. The monoisotopic (exact) mass is 225 g/mol. The summed E-state index contributed by atoms with van der Waals surface area (Å²) in [6.45, 7) is 1.83. The lowest BCUT2D eigenvalue weighted by atomic mass is 10.2. The number of aromatic nitrogens is 2. The average Bonchev–Trinajstić information content (AvgIpc) is 2.74. The van der Waals surface area contributed by atoms with Crippen LogP contribution in [-0.4, -0.2) is 46.4 Å². The van der Waals surface area contributed by atoms with Crippen molar-refractivity contribution in [3.8, 4) is 0 Å². The van der Waals surface area contributed by atoms with E-state index in [9.17, 15) is 0 Å². The fourth-order valence-corrected chi connectivity index (χ4v) is 1.74. The van der Waals surface area contributed by atoms with Crippen molar-refractivity contribution < 1.29 is 9.94 Å². The van der Waals surface area contributed by atoms with E-state index >= 15 is 0 Å². The molecule has 2 heterocycles. The Kier molecular flexibility index (Phi) is 2.95. The van der Waals surface area contributed by atoms with Gasteiger partial charge in [0.15, 0.2) is 5.84 Å². The number of nitrogens with two attached hydrogens (primary N) is 1. The second-order valence-electron chi connectivity index (χ2n) is 3.67. The molecule has 1 aliphatic rings. The van der Waals surface area contributed by atoms with Crippen LogP contribution in [0, 0.1) is 0 Å². The predicted molar refractivity (Wildman–Crippen MR) is 58.6 cm³/mol. The van der Waals surface area contributed by atoms with Gasteiger partial charge in [0, 0.05) is 26.0 Å². The van der Waals surface area contributed by atoms with Gasteiger partial charge in [-0.2, -0.15) is 0 Å². The quantitative estimate of drug-likeness (QED) is 0.303. The SMILES string of the molecule is Cn1ccnc1N1CCOC(C(N)=NO)C1. The predicted octanol–water partition coefficient (Wildman–Crippen LogP) is -0.628. The Bertz CT molecular complexity index is 389. The number of ether oxygens (including phenoxy) is 1. The minimum absolute atomic E-state index is 0.0962. The van der Waals surface area contributed by atoms with Gasteiger partial charge in [-0.15, -0.1) is 0 Å². The number of imidazole rings is 1. The van der Waals surface area contributed by atoms with E-state index in [1.165, 1.54) is 0 Å². The van der Waals surface area contributed by atoms with Gasteiger partial charge in [-0.05, 0) is 0 Å². The molecule has 1 saturated heterocycles. The standard InChI is InChI=1S/C9H15N5O2/c1-13-3-2-11-9(13)14-4-5-16-7(6-14)8(10)12-15/h2-3,7,15H,4-6H2,1H3,(H2,10,12). The van der Waals surface area contributed by atoms with Gasteiger partial charge in [0.1, 0.15) is 6.10 Å². The Morgan fingerprint density at radius 3 is 3.19 bits per heavy atom. The van der Waals surface area contributed by atoms with Crippen LogP contribution < -0.4 is 10.6 Å². The van der Waals surface area contributed by atoms with E-state index in [0.717, 1.165) is 12.5 Å². The van der Waals surface area contributed by atoms with Gasteiger partial charge in [-0.25, -0.2) is 4.98 Å². The lowest BCUT2D eigenvalue weighted by molar-refractivity contribution is 0.0799. The van der Waals surface area contributed by atoms with Gasteiger partial charge in [-0.3, -0.25) is 0 Å². The highest BCUT2D eigenvalue weighted by Crippen LogP contribution is 2.14. The zero-order valence-corrected chi connectivity index (χ0v) is 9.08. The highest BCUT2D eigenvalue weighted by atomic mass is 16.5. The van der Waals surface area contributed by atoms with E-state index in [0.29, 0.717) is 13.2 Å². The van der Waals surface area contributed by atoms with Crippen LogP contribution in [0.25, 0.3) is 0 Å². The maximum Gasteiger partial charge on any atom is 0.205 e. The van der Waals surface area contributed by atoms with Gasteiger partial charge in [0.25, 0.3) is 0 Å². The van der Waals surface area contributed by atoms with Crippen molar-refractivity contribution in [1.29, 1.82) is 0 Å². The Balaban J connectivity index is 2.11. The molecule has 0 saturated carbocycles. The summed E-state index contributed by atoms with van der Waals surface area (Å²) in [5.41, 5.74) is 5.52. The number of hydrogen-bond acceptors (Lipinski definition) is 5. The number of oxime groups is 1. The molecule has 1 fully saturated rings. The fourth-order valence-electron chi connectivity index (χ4n) is 1.74. The van der Waals surface area contributed by atoms with E-state index in [2.05, 4.69) is 10.1 Å². The van der Waals surface area contributed by atoms with E-state index < -0.39 is 0 Å². The number of amidine groups is 1. The second kappa shape index (κ2) is 4.40. The molecule has 1 aliphatic heterocycles. The van der Waals surface area contributed by atoms with Crippen molar-refractivity contribution in [2.75, 3.05) is 24.6 Å². The lowest BCUT2D eigenvalue weighted by Gasteiger charge is -2.32. The first-order chi connectivity index (χ1) is 7.72. The maximum atomic E-state index is 8.60. The number of aryl methyl sites for hydroxylation is 1. The topological polar surface area (TPSA) is 88.9 Å². The summed E-state index contributed by atoms with van der Waals surface area (Å²) in [7, 11) is 1.93. The molecule has 0 bridgehead atoms. The molecule has 2 rings (SSSR count). The Morgan fingerprint density at radius 1 is 1.75 bits per heavy atom. The average molecular weight is 225 g/mol. The Morgan fingerprint density at radius 2 is 2.56 bits per heavy atom. The van der Waals surface area contributed by atoms with Crippen LogP contribution in [0.2, 0.25) is 0 Å². The molecule has 0 aliphatic carbocycles. The van der Waals surface area contributed by atoms with E-state index in [4.69, 9.17) is 15.7 Å². The number of anilines is 1. The van der Waals surface area contributed by atoms with Gasteiger partial charge in [-0.1, -0.05) is 5.16 Å². The second-order valence-corrected chi connectivity index (χ2v) is 3.67. The van der Waals surface area contributed by atoms with Gasteiger partial charge >= 0.3 is 0 Å². The van der Waals surface area contributed by atoms with E-state index in [1.807, 2.05) is 22.7 Å². The minimum Gasteiger partial charge on any atom is -0.409 e. The smallest absolute Gasteiger partial charge is 0.205 e. The summed E-state index contributed by atoms with van der Waals surface area (Å²) in [6.07, 6.45) is 3.24. The highest BCUT2D eigenvalue weighted by Gasteiger charge is 2.25. The highest BCUT2D eigenvalue weighted by molar-refractivity contribution is 5.85. The Hall–Kier alpha value is -1.76. The fraction of sp³-hybridized carbons (Fsp3) is 0.556. The molecule has 1 aromatic heterocycles. The number of morpholine rings is 1. The van der Waals surface area contributed by atoms with Crippen LogP contribution in [0.3, 0.4) is 0 Å². The molecule has 88 valence electrons. The number of nitrogens with zero attached hydrogens (tertiary/aromatic N) is 4. The van der Waals surface area contributed by atoms with E-state index in [-0.39, 0.29) is 11.9 Å². The van der Waals surface area contributed by atoms with Crippen molar-refractivity contribution in [1.82, 2.24) is 9.55 Å². The van der Waals surface area contributed by atoms with Gasteiger partial charge in [0.2, 0.25) is 5.95 Å². The molecule has 7 nitrogen and oxygen atoms in total. The molecule has 0 radical (unpaired) electrons. The molecule has 1 unspecified atom stereocenters. The summed E-state index contributed by atoms with van der Waals surface area (Å²) >= 11 is 0. The van der Waals surface area contributed by atoms with Crippen molar-refractivity contribution >= 4 is 11.8 Å². The molecular formula is C9H15N5O2. The van der Waals surface area contributed by atoms with Gasteiger partial charge in [0.05, 0.1) is 13.2 Å². The molecule has 7 heteroatoms. The summed E-state index contributed by atoms with van der Waals surface area (Å²) in [4.78, 5) is 6.30. The maximum absolute atomic E-state index is 8.60. The summed E-state index contributed by atoms with van der Waals surface area (Å²) in [6, 6.07) is 0. The first-order valence-corrected chi connectivity index (χ1v) is 5.03. The van der Waals surface area contributed by atoms with Crippen LogP contribution in [-0.2, 0) is 11.8 Å². The van der Waals surface area contributed by atoms with Crippen molar-refractivity contribution in [2.45, 2.75) is 6.10 Å². The first-order valence-electron chi connectivity index (χ1n) is 5.03. The van der Waals surface area contributed by atoms with Crippen LogP contribution in [0.1, 0.15) is 0 Å². The van der Waals surface area contributed by atoms with Crippen LogP contribution >= 0.6 is 0 Å². The van der Waals surface area contributed by atoms with Gasteiger partial charge < -0.3 is 25.1 Å². The molecular weight excluding hydrogens is 210 g/mol. The summed E-state index contributed by atoms with van der Waals surface area (Å²) < 4.78 is 7.33. The van der Waals surface area contributed by atoms with Crippen LogP contribution in [0.15, 0.2) is 17.5 Å². The normalized spacial score (nSPS) is 22.4.